The number of urea groups is 1. The summed E-state index contributed by atoms with van der Waals surface area (Å²) in [5.74, 6) is -0.870. The number of aromatic nitrogens is 1. The molecule has 8 heteroatoms. The van der Waals surface area contributed by atoms with Gasteiger partial charge in [-0.25, -0.2) is 14.1 Å². The van der Waals surface area contributed by atoms with Gasteiger partial charge in [-0.05, 0) is 65.1 Å². The molecule has 0 radical (unpaired) electrons. The van der Waals surface area contributed by atoms with Crippen LogP contribution in [0.5, 0.6) is 0 Å². The molecule has 2 aliphatic rings. The third kappa shape index (κ3) is 4.37. The van der Waals surface area contributed by atoms with E-state index >= 15 is 0 Å². The van der Waals surface area contributed by atoms with Crippen LogP contribution in [0.4, 0.5) is 20.6 Å². The highest BCUT2D eigenvalue weighted by molar-refractivity contribution is 6.24. The number of amides is 4. The Morgan fingerprint density at radius 2 is 1.60 bits per heavy atom. The first-order valence-electron chi connectivity index (χ1n) is 14.3. The van der Waals surface area contributed by atoms with Gasteiger partial charge in [0, 0.05) is 28.7 Å². The molecule has 7 rings (SSSR count). The zero-order valence-corrected chi connectivity index (χ0v) is 23.7. The summed E-state index contributed by atoms with van der Waals surface area (Å²) in [6.45, 7) is 4.20. The highest BCUT2D eigenvalue weighted by atomic mass is 19.1. The summed E-state index contributed by atoms with van der Waals surface area (Å²) in [6.07, 6.45) is 0.314. The Hall–Kier alpha value is -5.24. The smallest absolute Gasteiger partial charge is 0.332 e. The van der Waals surface area contributed by atoms with E-state index in [2.05, 4.69) is 24.1 Å². The second kappa shape index (κ2) is 10.2. The molecular weight excluding hydrogens is 543 g/mol. The lowest BCUT2D eigenvalue weighted by Gasteiger charge is -2.36. The van der Waals surface area contributed by atoms with Crippen molar-refractivity contribution >= 4 is 40.1 Å². The molecule has 1 aromatic heterocycles. The number of H-pyrrole nitrogens is 1. The fraction of sp³-hybridized carbons (Fsp3) is 0.171. The normalized spacial score (nSPS) is 17.9. The largest absolute Gasteiger partial charge is 0.356 e. The zero-order chi connectivity index (χ0) is 29.8. The third-order valence-electron chi connectivity index (χ3n) is 8.46. The Balaban J connectivity index is 1.28. The van der Waals surface area contributed by atoms with Crippen LogP contribution in [0.25, 0.3) is 10.9 Å². The van der Waals surface area contributed by atoms with Crippen LogP contribution in [0, 0.1) is 5.82 Å². The monoisotopic (exact) mass is 572 g/mol. The van der Waals surface area contributed by atoms with E-state index in [0.717, 1.165) is 32.6 Å². The lowest BCUT2D eigenvalue weighted by Crippen LogP contribution is -2.44. The molecule has 2 aliphatic heterocycles. The maximum atomic E-state index is 14.3. The number of benzene rings is 4. The number of fused-ring (bicyclic) bond motifs is 4. The number of rotatable bonds is 5. The van der Waals surface area contributed by atoms with E-state index < -0.39 is 35.7 Å². The van der Waals surface area contributed by atoms with Gasteiger partial charge in [-0.15, -0.1) is 0 Å². The van der Waals surface area contributed by atoms with Gasteiger partial charge in [0.05, 0.1) is 11.3 Å². The van der Waals surface area contributed by atoms with Crippen molar-refractivity contribution in [2.45, 2.75) is 38.3 Å². The summed E-state index contributed by atoms with van der Waals surface area (Å²) in [5, 5.41) is 3.89. The molecule has 43 heavy (non-hydrogen) atoms. The van der Waals surface area contributed by atoms with Crippen molar-refractivity contribution in [3.63, 3.8) is 0 Å². The predicted octanol–water partition coefficient (Wildman–Crippen LogP) is 7.17. The van der Waals surface area contributed by atoms with Gasteiger partial charge in [0.15, 0.2) is 0 Å². The van der Waals surface area contributed by atoms with Crippen molar-refractivity contribution in [2.24, 2.45) is 0 Å². The first kappa shape index (κ1) is 26.6. The standard InChI is InChI=1S/C35H29FN4O3/c1-20(2)21-13-17-24(18-14-21)37-33(41)26-8-4-6-10-29(26)40-34(42)30-19-27-25-7-3-5-9-28(25)38-31(27)32(39(30)35(40)43)22-11-15-23(36)16-12-22/h3-18,20,30,32,38H,19H2,1-2H3,(H,37,41)/t30-,32?/m0/s1. The molecule has 1 saturated heterocycles. The topological polar surface area (TPSA) is 85.5 Å². The maximum absolute atomic E-state index is 14.3. The van der Waals surface area contributed by atoms with Crippen LogP contribution in [0.1, 0.15) is 58.5 Å². The molecular formula is C35H29FN4O3. The third-order valence-corrected chi connectivity index (χ3v) is 8.46. The van der Waals surface area contributed by atoms with Crippen molar-refractivity contribution in [1.82, 2.24) is 9.88 Å². The number of hydrogen-bond acceptors (Lipinski definition) is 3. The van der Waals surface area contributed by atoms with Crippen LogP contribution in [-0.4, -0.2) is 33.8 Å². The molecule has 0 spiro atoms. The van der Waals surface area contributed by atoms with Gasteiger partial charge in [-0.1, -0.05) is 68.4 Å². The number of para-hydroxylation sites is 2. The van der Waals surface area contributed by atoms with Crippen LogP contribution in [-0.2, 0) is 11.2 Å². The van der Waals surface area contributed by atoms with Crippen LogP contribution in [0.2, 0.25) is 0 Å². The quantitative estimate of drug-likeness (QED) is 0.219. The van der Waals surface area contributed by atoms with E-state index in [1.54, 1.807) is 41.3 Å². The number of anilines is 2. The SMILES string of the molecule is CC(C)c1ccc(NC(=O)c2ccccc2N2C(=O)[C@@H]3Cc4c([nH]c5ccccc45)C(c4ccc(F)cc4)N3C2=O)cc1. The van der Waals surface area contributed by atoms with Crippen molar-refractivity contribution in [2.75, 3.05) is 10.2 Å². The second-order valence-corrected chi connectivity index (χ2v) is 11.3. The molecule has 4 amide bonds. The van der Waals surface area contributed by atoms with Gasteiger partial charge >= 0.3 is 6.03 Å². The average molecular weight is 573 g/mol. The van der Waals surface area contributed by atoms with Crippen LogP contribution >= 0.6 is 0 Å². The molecule has 3 heterocycles. The fourth-order valence-electron chi connectivity index (χ4n) is 6.30. The summed E-state index contributed by atoms with van der Waals surface area (Å²) in [5.41, 5.74) is 5.51. The average Bonchev–Trinajstić information content (AvgIpc) is 3.51. The molecule has 5 aromatic rings. The highest BCUT2D eigenvalue weighted by Crippen LogP contribution is 2.45. The van der Waals surface area contributed by atoms with Crippen molar-refractivity contribution in [3.05, 3.63) is 131 Å². The molecule has 7 nitrogen and oxygen atoms in total. The van der Waals surface area contributed by atoms with Gasteiger partial charge in [0.2, 0.25) is 0 Å². The molecule has 214 valence electrons. The zero-order valence-electron chi connectivity index (χ0n) is 23.7. The van der Waals surface area contributed by atoms with E-state index in [4.69, 9.17) is 0 Å². The first-order valence-corrected chi connectivity index (χ1v) is 14.3. The Morgan fingerprint density at radius 3 is 2.35 bits per heavy atom. The molecule has 0 bridgehead atoms. The number of nitrogens with zero attached hydrogens (tertiary/aromatic N) is 2. The Labute approximate surface area is 247 Å². The maximum Gasteiger partial charge on any atom is 0.332 e. The summed E-state index contributed by atoms with van der Waals surface area (Å²) >= 11 is 0. The van der Waals surface area contributed by atoms with E-state index in [9.17, 15) is 18.8 Å². The number of hydrogen-bond donors (Lipinski definition) is 2. The van der Waals surface area contributed by atoms with Crippen LogP contribution < -0.4 is 10.2 Å². The highest BCUT2D eigenvalue weighted by Gasteiger charge is 2.53. The summed E-state index contributed by atoms with van der Waals surface area (Å²) < 4.78 is 14.0. The van der Waals surface area contributed by atoms with E-state index in [-0.39, 0.29) is 11.3 Å². The number of nitrogens with one attached hydrogen (secondary N) is 2. The number of imide groups is 1. The van der Waals surface area contributed by atoms with Gasteiger partial charge < -0.3 is 10.3 Å². The van der Waals surface area contributed by atoms with Crippen LogP contribution in [0.15, 0.2) is 97.1 Å². The van der Waals surface area contributed by atoms with E-state index in [1.165, 1.54) is 12.1 Å². The van der Waals surface area contributed by atoms with Gasteiger partial charge in [-0.2, -0.15) is 0 Å². The van der Waals surface area contributed by atoms with Crippen molar-refractivity contribution in [3.8, 4) is 0 Å². The minimum absolute atomic E-state index is 0.208. The van der Waals surface area contributed by atoms with E-state index in [0.29, 0.717) is 23.6 Å². The Bertz CT molecular complexity index is 1900. The molecule has 2 N–H and O–H groups in total. The number of carbonyl (C=O) groups excluding carboxylic acids is 3. The Morgan fingerprint density at radius 1 is 0.907 bits per heavy atom. The lowest BCUT2D eigenvalue weighted by atomic mass is 9.89. The molecule has 4 aromatic carbocycles. The predicted molar refractivity (Wildman–Crippen MR) is 164 cm³/mol. The minimum Gasteiger partial charge on any atom is -0.356 e. The Kier molecular flexibility index (Phi) is 6.34. The van der Waals surface area contributed by atoms with Crippen LogP contribution in [0.3, 0.4) is 0 Å². The summed E-state index contributed by atoms with van der Waals surface area (Å²) in [6, 6.07) is 26.1. The fourth-order valence-corrected chi connectivity index (χ4v) is 6.30. The molecule has 1 fully saturated rings. The molecule has 0 aliphatic carbocycles. The van der Waals surface area contributed by atoms with Crippen molar-refractivity contribution in [1.29, 1.82) is 0 Å². The molecule has 2 atom stereocenters. The summed E-state index contributed by atoms with van der Waals surface area (Å²) in [7, 11) is 0. The molecule has 0 saturated carbocycles. The first-order chi connectivity index (χ1) is 20.8. The van der Waals surface area contributed by atoms with Gasteiger partial charge in [0.1, 0.15) is 17.9 Å². The number of carbonyl (C=O) groups is 3. The van der Waals surface area contributed by atoms with E-state index in [1.807, 2.05) is 48.5 Å². The lowest BCUT2D eigenvalue weighted by molar-refractivity contribution is -0.120. The number of aromatic amines is 1. The second-order valence-electron chi connectivity index (χ2n) is 11.3. The molecule has 1 unspecified atom stereocenters. The number of halogens is 1. The van der Waals surface area contributed by atoms with Crippen molar-refractivity contribution < 1.29 is 18.8 Å². The van der Waals surface area contributed by atoms with Gasteiger partial charge in [0.25, 0.3) is 11.8 Å². The van der Waals surface area contributed by atoms with Gasteiger partial charge in [-0.3, -0.25) is 14.5 Å². The minimum atomic E-state index is -0.797. The summed E-state index contributed by atoms with van der Waals surface area (Å²) in [4.78, 5) is 48.1.